The Morgan fingerprint density at radius 3 is 2.42 bits per heavy atom. The molecule has 0 radical (unpaired) electrons. The van der Waals surface area contributed by atoms with Gasteiger partial charge in [0.05, 0.1) is 0 Å². The van der Waals surface area contributed by atoms with Gasteiger partial charge in [-0.25, -0.2) is 4.79 Å². The number of hydrogen-bond donors (Lipinski definition) is 3. The molecule has 1 heterocycles. The predicted molar refractivity (Wildman–Crippen MR) is 72.8 cm³/mol. The first kappa shape index (κ1) is 13.4. The van der Waals surface area contributed by atoms with Crippen LogP contribution in [0.5, 0.6) is 0 Å². The van der Waals surface area contributed by atoms with E-state index in [0.29, 0.717) is 11.3 Å². The molecule has 0 aliphatic carbocycles. The lowest BCUT2D eigenvalue weighted by atomic mass is 10.1. The fourth-order valence-electron chi connectivity index (χ4n) is 1.62. The number of nitrogens with one attached hydrogen (secondary N) is 2. The smallest absolute Gasteiger partial charge is 0.330 e. The molecule has 1 aromatic heterocycles. The molecule has 1 unspecified atom stereocenters. The SMILES string of the molecule is O=C(NC(C(=O)O)c1ccc(Br)cc1)c1ccc[nH]1. The zero-order valence-corrected chi connectivity index (χ0v) is 11.3. The number of aromatic nitrogens is 1. The number of amides is 1. The lowest BCUT2D eigenvalue weighted by molar-refractivity contribution is -0.139. The molecular formula is C13H11BrN2O3. The van der Waals surface area contributed by atoms with Crippen molar-refractivity contribution in [2.75, 3.05) is 0 Å². The summed E-state index contributed by atoms with van der Waals surface area (Å²) in [6.45, 7) is 0. The molecule has 0 saturated carbocycles. The van der Waals surface area contributed by atoms with Crippen LogP contribution in [0, 0.1) is 0 Å². The highest BCUT2D eigenvalue weighted by molar-refractivity contribution is 9.10. The molecule has 3 N–H and O–H groups in total. The van der Waals surface area contributed by atoms with Gasteiger partial charge in [0, 0.05) is 10.7 Å². The van der Waals surface area contributed by atoms with Gasteiger partial charge in [0.2, 0.25) is 0 Å². The van der Waals surface area contributed by atoms with Crippen molar-refractivity contribution in [3.63, 3.8) is 0 Å². The maximum Gasteiger partial charge on any atom is 0.330 e. The Balaban J connectivity index is 2.19. The molecule has 5 nitrogen and oxygen atoms in total. The summed E-state index contributed by atoms with van der Waals surface area (Å²) >= 11 is 3.27. The summed E-state index contributed by atoms with van der Waals surface area (Å²) in [5.74, 6) is -1.57. The molecule has 0 bridgehead atoms. The molecular weight excluding hydrogens is 312 g/mol. The molecule has 19 heavy (non-hydrogen) atoms. The number of aliphatic carboxylic acids is 1. The normalized spacial score (nSPS) is 11.8. The minimum Gasteiger partial charge on any atom is -0.479 e. The number of aromatic amines is 1. The molecule has 0 aliphatic heterocycles. The Bertz CT molecular complexity index is 578. The first-order chi connectivity index (χ1) is 9.08. The second-order valence-electron chi connectivity index (χ2n) is 3.88. The first-order valence-electron chi connectivity index (χ1n) is 5.50. The van der Waals surface area contributed by atoms with Crippen LogP contribution in [0.1, 0.15) is 22.1 Å². The second-order valence-corrected chi connectivity index (χ2v) is 4.80. The van der Waals surface area contributed by atoms with Crippen molar-refractivity contribution in [2.24, 2.45) is 0 Å². The number of halogens is 1. The Hall–Kier alpha value is -2.08. The van der Waals surface area contributed by atoms with E-state index in [2.05, 4.69) is 26.2 Å². The quantitative estimate of drug-likeness (QED) is 0.808. The molecule has 0 saturated heterocycles. The summed E-state index contributed by atoms with van der Waals surface area (Å²) in [5, 5.41) is 11.7. The number of benzene rings is 1. The van der Waals surface area contributed by atoms with Crippen LogP contribution >= 0.6 is 15.9 Å². The minimum atomic E-state index is -1.11. The highest BCUT2D eigenvalue weighted by atomic mass is 79.9. The maximum atomic E-state index is 11.8. The Labute approximate surface area is 117 Å². The monoisotopic (exact) mass is 322 g/mol. The number of carbonyl (C=O) groups is 2. The summed E-state index contributed by atoms with van der Waals surface area (Å²) < 4.78 is 0.844. The molecule has 1 atom stereocenters. The third-order valence-electron chi connectivity index (χ3n) is 2.57. The molecule has 1 aromatic carbocycles. The van der Waals surface area contributed by atoms with E-state index in [0.717, 1.165) is 4.47 Å². The fraction of sp³-hybridized carbons (Fsp3) is 0.0769. The zero-order chi connectivity index (χ0) is 13.8. The van der Waals surface area contributed by atoms with Crippen LogP contribution in [0.2, 0.25) is 0 Å². The van der Waals surface area contributed by atoms with Gasteiger partial charge in [-0.1, -0.05) is 28.1 Å². The van der Waals surface area contributed by atoms with E-state index in [1.807, 2.05) is 0 Å². The van der Waals surface area contributed by atoms with Crippen molar-refractivity contribution in [3.8, 4) is 0 Å². The van der Waals surface area contributed by atoms with Gasteiger partial charge in [-0.15, -0.1) is 0 Å². The van der Waals surface area contributed by atoms with Crippen LogP contribution in [0.25, 0.3) is 0 Å². The Kier molecular flexibility index (Phi) is 4.01. The third-order valence-corrected chi connectivity index (χ3v) is 3.10. The number of carbonyl (C=O) groups excluding carboxylic acids is 1. The standard InChI is InChI=1S/C13H11BrN2O3/c14-9-5-3-8(4-6-9)11(13(18)19)16-12(17)10-2-1-7-15-10/h1-7,11,15H,(H,16,17)(H,18,19). The largest absolute Gasteiger partial charge is 0.479 e. The summed E-state index contributed by atoms with van der Waals surface area (Å²) in [5.41, 5.74) is 0.832. The number of rotatable bonds is 4. The molecule has 6 heteroatoms. The van der Waals surface area contributed by atoms with Gasteiger partial charge in [0.25, 0.3) is 5.91 Å². The van der Waals surface area contributed by atoms with E-state index in [9.17, 15) is 14.7 Å². The average Bonchev–Trinajstić information content (AvgIpc) is 2.90. The van der Waals surface area contributed by atoms with E-state index in [4.69, 9.17) is 0 Å². The lowest BCUT2D eigenvalue weighted by Crippen LogP contribution is -2.33. The summed E-state index contributed by atoms with van der Waals surface area (Å²) in [4.78, 5) is 25.8. The summed E-state index contributed by atoms with van der Waals surface area (Å²) in [6.07, 6.45) is 1.60. The summed E-state index contributed by atoms with van der Waals surface area (Å²) in [6, 6.07) is 8.93. The van der Waals surface area contributed by atoms with Gasteiger partial charge >= 0.3 is 5.97 Å². The molecule has 1 amide bonds. The molecule has 2 rings (SSSR count). The molecule has 0 aliphatic rings. The van der Waals surface area contributed by atoms with E-state index >= 15 is 0 Å². The fourth-order valence-corrected chi connectivity index (χ4v) is 1.89. The van der Waals surface area contributed by atoms with Crippen molar-refractivity contribution in [1.82, 2.24) is 10.3 Å². The van der Waals surface area contributed by atoms with Gasteiger partial charge in [-0.3, -0.25) is 4.79 Å². The summed E-state index contributed by atoms with van der Waals surface area (Å²) in [7, 11) is 0. The van der Waals surface area contributed by atoms with Crippen molar-refractivity contribution >= 4 is 27.8 Å². The van der Waals surface area contributed by atoms with Gasteiger partial charge in [0.1, 0.15) is 5.69 Å². The van der Waals surface area contributed by atoms with Crippen LogP contribution in [0.15, 0.2) is 47.1 Å². The zero-order valence-electron chi connectivity index (χ0n) is 9.76. The van der Waals surface area contributed by atoms with Gasteiger partial charge in [0.15, 0.2) is 6.04 Å². The van der Waals surface area contributed by atoms with Crippen LogP contribution in [0.4, 0.5) is 0 Å². The average molecular weight is 323 g/mol. The van der Waals surface area contributed by atoms with Crippen molar-refractivity contribution in [3.05, 3.63) is 58.3 Å². The molecule has 0 fully saturated rings. The number of H-pyrrole nitrogens is 1. The Morgan fingerprint density at radius 1 is 1.21 bits per heavy atom. The maximum absolute atomic E-state index is 11.8. The van der Waals surface area contributed by atoms with E-state index in [1.54, 1.807) is 42.6 Å². The third kappa shape index (κ3) is 3.23. The number of carboxylic acid groups (broad SMARTS) is 1. The number of hydrogen-bond acceptors (Lipinski definition) is 2. The highest BCUT2D eigenvalue weighted by Crippen LogP contribution is 2.17. The van der Waals surface area contributed by atoms with Crippen molar-refractivity contribution in [1.29, 1.82) is 0 Å². The topological polar surface area (TPSA) is 82.2 Å². The van der Waals surface area contributed by atoms with E-state index < -0.39 is 17.9 Å². The van der Waals surface area contributed by atoms with Crippen molar-refractivity contribution in [2.45, 2.75) is 6.04 Å². The van der Waals surface area contributed by atoms with Gasteiger partial charge in [-0.05, 0) is 29.8 Å². The van der Waals surface area contributed by atoms with Crippen LogP contribution in [0.3, 0.4) is 0 Å². The van der Waals surface area contributed by atoms with Gasteiger partial charge in [-0.2, -0.15) is 0 Å². The Morgan fingerprint density at radius 2 is 1.89 bits per heavy atom. The number of carboxylic acids is 1. The van der Waals surface area contributed by atoms with Crippen molar-refractivity contribution < 1.29 is 14.7 Å². The predicted octanol–water partition coefficient (Wildman–Crippen LogP) is 2.33. The van der Waals surface area contributed by atoms with Gasteiger partial charge < -0.3 is 15.4 Å². The van der Waals surface area contributed by atoms with Crippen LogP contribution < -0.4 is 5.32 Å². The van der Waals surface area contributed by atoms with Crippen LogP contribution in [-0.4, -0.2) is 22.0 Å². The first-order valence-corrected chi connectivity index (χ1v) is 6.30. The second kappa shape index (κ2) is 5.71. The van der Waals surface area contributed by atoms with Crippen LogP contribution in [-0.2, 0) is 4.79 Å². The van der Waals surface area contributed by atoms with E-state index in [1.165, 1.54) is 0 Å². The lowest BCUT2D eigenvalue weighted by Gasteiger charge is -2.14. The van der Waals surface area contributed by atoms with E-state index in [-0.39, 0.29) is 0 Å². The molecule has 2 aromatic rings. The highest BCUT2D eigenvalue weighted by Gasteiger charge is 2.22. The molecule has 0 spiro atoms. The minimum absolute atomic E-state index is 0.323. The molecule has 98 valence electrons.